The van der Waals surface area contributed by atoms with Gasteiger partial charge < -0.3 is 10.6 Å². The van der Waals surface area contributed by atoms with Crippen LogP contribution in [-0.4, -0.2) is 24.7 Å². The molecule has 1 saturated carbocycles. The molecule has 2 rings (SSSR count). The summed E-state index contributed by atoms with van der Waals surface area (Å²) in [4.78, 5) is 12.8. The van der Waals surface area contributed by atoms with Crippen LogP contribution < -0.4 is 10.6 Å². The molecule has 1 amide bonds. The maximum atomic E-state index is 11.6. The predicted octanol–water partition coefficient (Wildman–Crippen LogP) is 2.88. The number of thioether (sulfide) groups is 1. The van der Waals surface area contributed by atoms with Crippen molar-refractivity contribution in [1.29, 1.82) is 0 Å². The van der Waals surface area contributed by atoms with Gasteiger partial charge in [-0.05, 0) is 32.0 Å². The van der Waals surface area contributed by atoms with Crippen molar-refractivity contribution in [3.63, 3.8) is 0 Å². The molecule has 98 valence electrons. The van der Waals surface area contributed by atoms with Gasteiger partial charge in [0, 0.05) is 10.1 Å². The van der Waals surface area contributed by atoms with Crippen molar-refractivity contribution in [1.82, 2.24) is 5.32 Å². The van der Waals surface area contributed by atoms with Crippen LogP contribution in [0.4, 0.5) is 5.69 Å². The van der Waals surface area contributed by atoms with Crippen molar-refractivity contribution >= 4 is 23.4 Å². The molecule has 4 heteroatoms. The molecule has 0 saturated heterocycles. The van der Waals surface area contributed by atoms with Crippen molar-refractivity contribution in [2.24, 2.45) is 0 Å². The highest BCUT2D eigenvalue weighted by atomic mass is 32.2. The zero-order valence-electron chi connectivity index (χ0n) is 10.7. The van der Waals surface area contributed by atoms with E-state index in [1.165, 1.54) is 30.6 Å². The molecular formula is C14H20N2OS. The number of likely N-dealkylation sites (N-methyl/N-ethyl adjacent to an activating group) is 1. The van der Waals surface area contributed by atoms with E-state index in [1.54, 1.807) is 7.05 Å². The highest BCUT2D eigenvalue weighted by molar-refractivity contribution is 8.00. The second-order valence-electron chi connectivity index (χ2n) is 4.60. The Morgan fingerprint density at radius 2 is 2.06 bits per heavy atom. The SMILES string of the molecule is CNCC(=O)Nc1ccccc1SC1CCCC1. The highest BCUT2D eigenvalue weighted by Crippen LogP contribution is 2.37. The maximum Gasteiger partial charge on any atom is 0.238 e. The first-order valence-electron chi connectivity index (χ1n) is 6.49. The average molecular weight is 264 g/mol. The van der Waals surface area contributed by atoms with E-state index in [9.17, 15) is 4.79 Å². The molecule has 0 aromatic heterocycles. The summed E-state index contributed by atoms with van der Waals surface area (Å²) in [6.45, 7) is 0.350. The van der Waals surface area contributed by atoms with Crippen LogP contribution in [0.3, 0.4) is 0 Å². The third kappa shape index (κ3) is 3.75. The van der Waals surface area contributed by atoms with Gasteiger partial charge in [0.25, 0.3) is 0 Å². The molecule has 0 unspecified atom stereocenters. The van der Waals surface area contributed by atoms with Gasteiger partial charge in [-0.1, -0.05) is 25.0 Å². The summed E-state index contributed by atoms with van der Waals surface area (Å²) in [6.07, 6.45) is 5.27. The molecule has 0 aliphatic heterocycles. The topological polar surface area (TPSA) is 41.1 Å². The summed E-state index contributed by atoms with van der Waals surface area (Å²) in [5.74, 6) is 0.0111. The Morgan fingerprint density at radius 3 is 2.78 bits per heavy atom. The van der Waals surface area contributed by atoms with Crippen LogP contribution in [0.5, 0.6) is 0 Å². The van der Waals surface area contributed by atoms with Gasteiger partial charge in [0.15, 0.2) is 0 Å². The number of carbonyl (C=O) groups excluding carboxylic acids is 1. The Balaban J connectivity index is 2.02. The quantitative estimate of drug-likeness (QED) is 0.859. The Kier molecular flexibility index (Phi) is 5.08. The molecular weight excluding hydrogens is 244 g/mol. The fraction of sp³-hybridized carbons (Fsp3) is 0.500. The molecule has 1 fully saturated rings. The summed E-state index contributed by atoms with van der Waals surface area (Å²) < 4.78 is 0. The molecule has 1 aromatic rings. The molecule has 1 aliphatic rings. The van der Waals surface area contributed by atoms with Gasteiger partial charge in [-0.25, -0.2) is 0 Å². The standard InChI is InChI=1S/C14H20N2OS/c1-15-10-14(17)16-12-8-4-5-9-13(12)18-11-6-2-3-7-11/h4-5,8-9,11,15H,2-3,6-7,10H2,1H3,(H,16,17). The van der Waals surface area contributed by atoms with Gasteiger partial charge in [0.05, 0.1) is 12.2 Å². The minimum Gasteiger partial charge on any atom is -0.324 e. The number of hydrogen-bond acceptors (Lipinski definition) is 3. The second kappa shape index (κ2) is 6.81. The van der Waals surface area contributed by atoms with Crippen LogP contribution in [0, 0.1) is 0 Å². The molecule has 0 bridgehead atoms. The number of benzene rings is 1. The summed E-state index contributed by atoms with van der Waals surface area (Å²) in [7, 11) is 1.78. The molecule has 0 atom stereocenters. The number of anilines is 1. The number of para-hydroxylation sites is 1. The Morgan fingerprint density at radius 1 is 1.33 bits per heavy atom. The minimum atomic E-state index is 0.0111. The van der Waals surface area contributed by atoms with E-state index >= 15 is 0 Å². The van der Waals surface area contributed by atoms with Crippen LogP contribution in [0.15, 0.2) is 29.2 Å². The van der Waals surface area contributed by atoms with Gasteiger partial charge in [0.1, 0.15) is 0 Å². The van der Waals surface area contributed by atoms with Crippen molar-refractivity contribution in [3.05, 3.63) is 24.3 Å². The lowest BCUT2D eigenvalue weighted by molar-refractivity contribution is -0.115. The lowest BCUT2D eigenvalue weighted by Gasteiger charge is -2.13. The summed E-state index contributed by atoms with van der Waals surface area (Å²) in [5, 5.41) is 6.54. The van der Waals surface area contributed by atoms with Gasteiger partial charge in [-0.3, -0.25) is 4.79 Å². The first kappa shape index (κ1) is 13.4. The van der Waals surface area contributed by atoms with Crippen LogP contribution in [0.1, 0.15) is 25.7 Å². The summed E-state index contributed by atoms with van der Waals surface area (Å²) in [6, 6.07) is 8.07. The smallest absolute Gasteiger partial charge is 0.238 e. The number of carbonyl (C=O) groups is 1. The van der Waals surface area contributed by atoms with E-state index in [4.69, 9.17) is 0 Å². The van der Waals surface area contributed by atoms with E-state index in [1.807, 2.05) is 30.0 Å². The van der Waals surface area contributed by atoms with Crippen molar-refractivity contribution < 1.29 is 4.79 Å². The van der Waals surface area contributed by atoms with Crippen LogP contribution in [-0.2, 0) is 4.79 Å². The first-order chi connectivity index (χ1) is 8.79. The molecule has 2 N–H and O–H groups in total. The fourth-order valence-corrected chi connectivity index (χ4v) is 3.54. The van der Waals surface area contributed by atoms with Crippen LogP contribution in [0.25, 0.3) is 0 Å². The zero-order valence-corrected chi connectivity index (χ0v) is 11.6. The number of rotatable bonds is 5. The molecule has 3 nitrogen and oxygen atoms in total. The lowest BCUT2D eigenvalue weighted by atomic mass is 10.3. The van der Waals surface area contributed by atoms with E-state index in [-0.39, 0.29) is 5.91 Å². The van der Waals surface area contributed by atoms with Crippen molar-refractivity contribution in [2.45, 2.75) is 35.8 Å². The zero-order chi connectivity index (χ0) is 12.8. The fourth-order valence-electron chi connectivity index (χ4n) is 2.21. The number of hydrogen-bond donors (Lipinski definition) is 2. The van der Waals surface area contributed by atoms with Gasteiger partial charge in [-0.2, -0.15) is 0 Å². The summed E-state index contributed by atoms with van der Waals surface area (Å²) in [5.41, 5.74) is 0.939. The number of nitrogens with one attached hydrogen (secondary N) is 2. The highest BCUT2D eigenvalue weighted by Gasteiger charge is 2.17. The first-order valence-corrected chi connectivity index (χ1v) is 7.37. The van der Waals surface area contributed by atoms with Crippen molar-refractivity contribution in [2.75, 3.05) is 18.9 Å². The van der Waals surface area contributed by atoms with E-state index in [0.29, 0.717) is 11.8 Å². The molecule has 0 spiro atoms. The summed E-state index contributed by atoms with van der Waals surface area (Å²) >= 11 is 1.90. The molecule has 1 aromatic carbocycles. The van der Waals surface area contributed by atoms with Crippen LogP contribution in [0.2, 0.25) is 0 Å². The molecule has 0 radical (unpaired) electrons. The number of amides is 1. The monoisotopic (exact) mass is 264 g/mol. The van der Waals surface area contributed by atoms with E-state index in [2.05, 4.69) is 16.7 Å². The molecule has 18 heavy (non-hydrogen) atoms. The molecule has 1 aliphatic carbocycles. The van der Waals surface area contributed by atoms with Gasteiger partial charge in [0.2, 0.25) is 5.91 Å². The maximum absolute atomic E-state index is 11.6. The van der Waals surface area contributed by atoms with Crippen LogP contribution >= 0.6 is 11.8 Å². The Bertz CT molecular complexity index is 403. The van der Waals surface area contributed by atoms with Gasteiger partial charge >= 0.3 is 0 Å². The van der Waals surface area contributed by atoms with Crippen molar-refractivity contribution in [3.8, 4) is 0 Å². The molecule has 0 heterocycles. The minimum absolute atomic E-state index is 0.0111. The predicted molar refractivity (Wildman–Crippen MR) is 77.1 cm³/mol. The third-order valence-corrected chi connectivity index (χ3v) is 4.51. The average Bonchev–Trinajstić information content (AvgIpc) is 2.85. The third-order valence-electron chi connectivity index (χ3n) is 3.09. The lowest BCUT2D eigenvalue weighted by Crippen LogP contribution is -2.25. The normalized spacial score (nSPS) is 15.8. The van der Waals surface area contributed by atoms with E-state index < -0.39 is 0 Å². The largest absolute Gasteiger partial charge is 0.324 e. The second-order valence-corrected chi connectivity index (χ2v) is 5.94. The Labute approximate surface area is 113 Å². The van der Waals surface area contributed by atoms with Gasteiger partial charge in [-0.15, -0.1) is 11.8 Å². The van der Waals surface area contributed by atoms with E-state index in [0.717, 1.165) is 5.69 Å². The Hall–Kier alpha value is -1.00.